The van der Waals surface area contributed by atoms with Gasteiger partial charge in [-0.25, -0.2) is 4.98 Å². The summed E-state index contributed by atoms with van der Waals surface area (Å²) in [5.41, 5.74) is 7.37. The molecule has 0 unspecified atom stereocenters. The zero-order valence-corrected chi connectivity index (χ0v) is 20.9. The Bertz CT molecular complexity index is 1260. The van der Waals surface area contributed by atoms with E-state index in [4.69, 9.17) is 0 Å². The monoisotopic (exact) mass is 505 g/mol. The van der Waals surface area contributed by atoms with Crippen LogP contribution in [0.4, 0.5) is 0 Å². The van der Waals surface area contributed by atoms with E-state index >= 15 is 0 Å². The molecule has 1 aliphatic heterocycles. The number of fused-ring (bicyclic) bond motifs is 1. The summed E-state index contributed by atoms with van der Waals surface area (Å²) >= 11 is 2.97. The molecule has 3 heterocycles. The van der Waals surface area contributed by atoms with Gasteiger partial charge in [0.1, 0.15) is 5.01 Å². The molecule has 9 heteroatoms. The normalized spacial score (nSPS) is 14.7. The van der Waals surface area contributed by atoms with Crippen LogP contribution in [-0.4, -0.2) is 59.3 Å². The summed E-state index contributed by atoms with van der Waals surface area (Å²) in [4.78, 5) is 35.7. The van der Waals surface area contributed by atoms with Crippen molar-refractivity contribution in [2.75, 3.05) is 32.7 Å². The van der Waals surface area contributed by atoms with Gasteiger partial charge in [0.05, 0.1) is 20.0 Å². The number of amides is 2. The Hall–Kier alpha value is -3.11. The van der Waals surface area contributed by atoms with Gasteiger partial charge in [0, 0.05) is 45.7 Å². The van der Waals surface area contributed by atoms with Crippen LogP contribution < -0.4 is 10.9 Å². The quantitative estimate of drug-likeness (QED) is 0.372. The molecule has 35 heavy (non-hydrogen) atoms. The molecule has 5 rings (SSSR count). The van der Waals surface area contributed by atoms with E-state index in [0.717, 1.165) is 52.8 Å². The van der Waals surface area contributed by atoms with E-state index in [1.54, 1.807) is 17.4 Å². The Balaban J connectivity index is 1.03. The highest BCUT2D eigenvalue weighted by molar-refractivity contribution is 7.26. The van der Waals surface area contributed by atoms with Crippen LogP contribution in [-0.2, 0) is 11.3 Å². The van der Waals surface area contributed by atoms with Gasteiger partial charge in [-0.15, -0.1) is 22.7 Å². The molecule has 4 aromatic rings. The maximum Gasteiger partial charge on any atom is 0.279 e. The third kappa shape index (κ3) is 6.12. The summed E-state index contributed by atoms with van der Waals surface area (Å²) in [5, 5.41) is 0.892. The number of hydrazine groups is 1. The molecular weight excluding hydrogens is 478 g/mol. The fraction of sp³-hybridized carbons (Fsp3) is 0.269. The summed E-state index contributed by atoms with van der Waals surface area (Å²) in [6.07, 6.45) is 0.348. The summed E-state index contributed by atoms with van der Waals surface area (Å²) in [5.74, 6) is -0.502. The topological polar surface area (TPSA) is 77.6 Å². The van der Waals surface area contributed by atoms with Crippen molar-refractivity contribution in [1.82, 2.24) is 25.6 Å². The van der Waals surface area contributed by atoms with Crippen molar-refractivity contribution in [2.45, 2.75) is 13.0 Å². The third-order valence-corrected chi connectivity index (χ3v) is 8.31. The lowest BCUT2D eigenvalue weighted by molar-refractivity contribution is -0.122. The average molecular weight is 506 g/mol. The Morgan fingerprint density at radius 1 is 0.829 bits per heavy atom. The van der Waals surface area contributed by atoms with E-state index < -0.39 is 0 Å². The van der Waals surface area contributed by atoms with Gasteiger partial charge in [0.15, 0.2) is 0 Å². The van der Waals surface area contributed by atoms with Crippen LogP contribution in [0.15, 0.2) is 66.7 Å². The number of hydrogen-bond donors (Lipinski definition) is 2. The fourth-order valence-electron chi connectivity index (χ4n) is 4.08. The Kier molecular flexibility index (Phi) is 7.48. The second kappa shape index (κ2) is 11.1. The highest BCUT2D eigenvalue weighted by Gasteiger charge is 2.18. The van der Waals surface area contributed by atoms with E-state index in [2.05, 4.69) is 49.9 Å². The number of nitrogens with one attached hydrogen (secondary N) is 2. The average Bonchev–Trinajstić information content (AvgIpc) is 3.55. The minimum Gasteiger partial charge on any atom is -0.300 e. The van der Waals surface area contributed by atoms with Crippen LogP contribution in [0.2, 0.25) is 0 Å². The predicted octanol–water partition coefficient (Wildman–Crippen LogP) is 3.99. The Morgan fingerprint density at radius 3 is 2.37 bits per heavy atom. The zero-order valence-electron chi connectivity index (χ0n) is 19.3. The van der Waals surface area contributed by atoms with Crippen LogP contribution in [0, 0.1) is 0 Å². The van der Waals surface area contributed by atoms with Gasteiger partial charge >= 0.3 is 0 Å². The first-order chi connectivity index (χ1) is 17.1. The maximum absolute atomic E-state index is 12.5. The number of carbonyl (C=O) groups excluding carboxylic acids is 2. The molecule has 0 radical (unpaired) electrons. The van der Waals surface area contributed by atoms with Gasteiger partial charge in [-0.05, 0) is 29.8 Å². The van der Waals surface area contributed by atoms with Gasteiger partial charge in [-0.3, -0.25) is 25.3 Å². The van der Waals surface area contributed by atoms with Gasteiger partial charge < -0.3 is 4.90 Å². The van der Waals surface area contributed by atoms with Crippen LogP contribution >= 0.6 is 22.7 Å². The lowest BCUT2D eigenvalue weighted by Crippen LogP contribution is -2.47. The molecule has 2 amide bonds. The number of hydrogen-bond acceptors (Lipinski definition) is 7. The van der Waals surface area contributed by atoms with Crippen molar-refractivity contribution >= 4 is 44.7 Å². The number of carbonyl (C=O) groups is 2. The minimum atomic E-state index is -0.315. The van der Waals surface area contributed by atoms with E-state index in [-0.39, 0.29) is 11.8 Å². The Morgan fingerprint density at radius 2 is 1.57 bits per heavy atom. The largest absolute Gasteiger partial charge is 0.300 e. The second-order valence-electron chi connectivity index (χ2n) is 8.51. The molecule has 7 nitrogen and oxygen atoms in total. The van der Waals surface area contributed by atoms with Crippen LogP contribution in [0.3, 0.4) is 0 Å². The smallest absolute Gasteiger partial charge is 0.279 e. The number of aromatic nitrogens is 1. The Labute approximate surface area is 212 Å². The van der Waals surface area contributed by atoms with Gasteiger partial charge in [-0.2, -0.15) is 0 Å². The number of benzene rings is 2. The molecule has 1 fully saturated rings. The molecule has 1 aliphatic rings. The summed E-state index contributed by atoms with van der Waals surface area (Å²) in [6.45, 7) is 5.50. The first kappa shape index (κ1) is 23.6. The lowest BCUT2D eigenvalue weighted by Gasteiger charge is -2.34. The molecule has 0 spiro atoms. The molecular formula is C26H27N5O2S2. The first-order valence-corrected chi connectivity index (χ1v) is 13.3. The first-order valence-electron chi connectivity index (χ1n) is 11.7. The highest BCUT2D eigenvalue weighted by atomic mass is 32.1. The van der Waals surface area contributed by atoms with Crippen LogP contribution in [0.25, 0.3) is 20.1 Å². The van der Waals surface area contributed by atoms with E-state index in [1.807, 2.05) is 36.4 Å². The van der Waals surface area contributed by atoms with E-state index in [9.17, 15) is 9.59 Å². The number of thiophene rings is 1. The zero-order chi connectivity index (χ0) is 24.0. The summed E-state index contributed by atoms with van der Waals surface area (Å²) < 4.78 is 1.12. The maximum atomic E-state index is 12.5. The molecule has 0 aliphatic carbocycles. The summed E-state index contributed by atoms with van der Waals surface area (Å²) in [7, 11) is 0. The number of rotatable bonds is 7. The predicted molar refractivity (Wildman–Crippen MR) is 141 cm³/mol. The third-order valence-electron chi connectivity index (χ3n) is 6.02. The fourth-order valence-corrected chi connectivity index (χ4v) is 6.00. The minimum absolute atomic E-state index is 0.187. The van der Waals surface area contributed by atoms with Crippen molar-refractivity contribution in [3.63, 3.8) is 0 Å². The van der Waals surface area contributed by atoms with Crippen molar-refractivity contribution in [3.05, 3.63) is 77.2 Å². The number of thiazole rings is 1. The molecule has 2 aromatic carbocycles. The number of nitrogens with zero attached hydrogens (tertiary/aromatic N) is 3. The van der Waals surface area contributed by atoms with Crippen molar-refractivity contribution in [1.29, 1.82) is 0 Å². The molecule has 2 N–H and O–H groups in total. The summed E-state index contributed by atoms with van der Waals surface area (Å²) in [6, 6.07) is 22.1. The molecule has 0 saturated carbocycles. The lowest BCUT2D eigenvalue weighted by atomic mass is 10.2. The number of piperazine rings is 1. The van der Waals surface area contributed by atoms with Gasteiger partial charge in [-0.1, -0.05) is 42.5 Å². The molecule has 0 atom stereocenters. The van der Waals surface area contributed by atoms with Crippen molar-refractivity contribution in [2.24, 2.45) is 0 Å². The standard InChI is InChI=1S/C26H27N5O2S2/c32-24(12-13-30-14-16-31(17-15-30)18-19-6-2-1-3-7-19)28-29-25(33)22-10-11-23(34-22)26-27-20-8-4-5-9-21(20)35-26/h1-11H,12-18H2,(H,28,32)(H,29,33). The molecule has 180 valence electrons. The van der Waals surface area contributed by atoms with Crippen LogP contribution in [0.5, 0.6) is 0 Å². The van der Waals surface area contributed by atoms with Crippen molar-refractivity contribution in [3.8, 4) is 9.88 Å². The molecule has 0 bridgehead atoms. The van der Waals surface area contributed by atoms with Crippen LogP contribution in [0.1, 0.15) is 21.7 Å². The van der Waals surface area contributed by atoms with E-state index in [0.29, 0.717) is 17.8 Å². The molecule has 1 saturated heterocycles. The second-order valence-corrected chi connectivity index (χ2v) is 10.6. The SMILES string of the molecule is O=C(CCN1CCN(Cc2ccccc2)CC1)NNC(=O)c1ccc(-c2nc3ccccc3s2)s1. The molecule has 2 aromatic heterocycles. The highest BCUT2D eigenvalue weighted by Crippen LogP contribution is 2.34. The van der Waals surface area contributed by atoms with Crippen molar-refractivity contribution < 1.29 is 9.59 Å². The van der Waals surface area contributed by atoms with Gasteiger partial charge in [0.2, 0.25) is 5.91 Å². The van der Waals surface area contributed by atoms with E-state index in [1.165, 1.54) is 16.9 Å². The van der Waals surface area contributed by atoms with Gasteiger partial charge in [0.25, 0.3) is 5.91 Å². The number of para-hydroxylation sites is 1.